The molecule has 0 bridgehead atoms. The molecule has 0 aliphatic carbocycles. The first-order valence-corrected chi connectivity index (χ1v) is 36.2. The van der Waals surface area contributed by atoms with Crippen molar-refractivity contribution in [2.45, 2.75) is 326 Å². The smallest absolute Gasteiger partial charge is 0.307 e. The van der Waals surface area contributed by atoms with Gasteiger partial charge >= 0.3 is 15.2 Å². The van der Waals surface area contributed by atoms with Crippen LogP contribution in [0.5, 0.6) is 0 Å². The van der Waals surface area contributed by atoms with Gasteiger partial charge in [0, 0.05) is 0 Å². The van der Waals surface area contributed by atoms with Crippen molar-refractivity contribution < 1.29 is 27.2 Å². The summed E-state index contributed by atoms with van der Waals surface area (Å²) in [4.78, 5) is 0. The average Bonchev–Trinajstić information content (AvgIpc) is 0.742. The Morgan fingerprint density at radius 2 is 0.379 bits per heavy atom. The van der Waals surface area contributed by atoms with E-state index in [1.807, 2.05) is 0 Å². The third-order valence-electron chi connectivity index (χ3n) is 18.6. The van der Waals surface area contributed by atoms with Gasteiger partial charge in [-0.25, -0.2) is 0 Å². The van der Waals surface area contributed by atoms with Crippen molar-refractivity contribution in [2.24, 2.45) is 5.41 Å². The van der Waals surface area contributed by atoms with E-state index in [0.717, 1.165) is 66.8 Å². The summed E-state index contributed by atoms with van der Waals surface area (Å²) in [5.41, 5.74) is 12.0. The quantitative estimate of drug-likeness (QED) is 0.179. The topological polar surface area (TPSA) is 71.1 Å². The second kappa shape index (κ2) is 22.7. The Bertz CT molecular complexity index is 2740. The van der Waals surface area contributed by atoms with E-state index in [1.165, 1.54) is 22.3 Å². The van der Waals surface area contributed by atoms with Gasteiger partial charge in [0.25, 0.3) is 0 Å². The normalized spacial score (nSPS) is 21.4. The average molecular weight is 1230 g/mol. The first-order valence-electron chi connectivity index (χ1n) is 33.0. The second-order valence-corrected chi connectivity index (χ2v) is 43.6. The first kappa shape index (κ1) is 73.2. The van der Waals surface area contributed by atoms with Crippen molar-refractivity contribution in [2.75, 3.05) is 26.4 Å². The molecule has 1 spiro atoms. The van der Waals surface area contributed by atoms with Crippen LogP contribution in [0, 0.1) is 5.41 Å². The Balaban J connectivity index is 1.69. The Morgan fingerprint density at radius 1 is 0.253 bits per heavy atom. The lowest BCUT2D eigenvalue weighted by molar-refractivity contribution is -0.0704. The maximum Gasteiger partial charge on any atom is 0.342 e. The molecule has 2 aliphatic heterocycles. The van der Waals surface area contributed by atoms with Crippen LogP contribution in [-0.2, 0) is 92.2 Å². The molecule has 0 atom stereocenters. The third kappa shape index (κ3) is 15.3. The summed E-state index contributed by atoms with van der Waals surface area (Å²) in [5, 5.41) is 0. The highest BCUT2D eigenvalue weighted by atomic mass is 31.2. The molecule has 8 heteroatoms. The van der Waals surface area contributed by atoms with E-state index in [-0.39, 0.29) is 91.4 Å². The van der Waals surface area contributed by atoms with Gasteiger partial charge in [-0.05, 0) is 154 Å². The molecule has 488 valence electrons. The fourth-order valence-electron chi connectivity index (χ4n) is 12.9. The van der Waals surface area contributed by atoms with Crippen molar-refractivity contribution in [1.29, 1.82) is 0 Å². The van der Waals surface area contributed by atoms with Crippen molar-refractivity contribution in [1.82, 2.24) is 0 Å². The molecule has 4 aromatic rings. The van der Waals surface area contributed by atoms with Crippen LogP contribution in [0.25, 0.3) is 0 Å². The number of benzene rings is 4. The summed E-state index contributed by atoms with van der Waals surface area (Å²) in [6.45, 7) is 82.5. The zero-order chi connectivity index (χ0) is 67.2. The zero-order valence-electron chi connectivity index (χ0n) is 62.4. The fourth-order valence-corrected chi connectivity index (χ4v) is 17.9. The van der Waals surface area contributed by atoms with E-state index in [0.29, 0.717) is 0 Å². The first-order chi connectivity index (χ1) is 38.4. The van der Waals surface area contributed by atoms with Crippen LogP contribution in [0.4, 0.5) is 0 Å². The highest BCUT2D eigenvalue weighted by molar-refractivity contribution is 7.55. The van der Waals surface area contributed by atoms with Crippen LogP contribution < -0.4 is 0 Å². The zero-order valence-corrected chi connectivity index (χ0v) is 64.2. The highest BCUT2D eigenvalue weighted by Gasteiger charge is 2.58. The predicted octanol–water partition coefficient (Wildman–Crippen LogP) is 23.6. The van der Waals surface area contributed by atoms with E-state index < -0.39 is 31.9 Å². The largest absolute Gasteiger partial charge is 0.342 e. The molecule has 0 amide bonds. The molecule has 2 saturated heterocycles. The van der Waals surface area contributed by atoms with Crippen molar-refractivity contribution in [3.05, 3.63) is 138 Å². The molecular formula is C79H126O6P2. The molecule has 6 rings (SSSR count). The Hall–Kier alpha value is -2.82. The summed E-state index contributed by atoms with van der Waals surface area (Å²) >= 11 is 0. The summed E-state index contributed by atoms with van der Waals surface area (Å²) in [6, 6.07) is 19.1. The number of hydrogen-bond acceptors (Lipinski definition) is 6. The number of hydrogen-bond donors (Lipinski definition) is 0. The van der Waals surface area contributed by atoms with Gasteiger partial charge in [0.15, 0.2) is 0 Å². The molecule has 2 aliphatic rings. The van der Waals surface area contributed by atoms with Gasteiger partial charge in [0.05, 0.1) is 31.8 Å². The van der Waals surface area contributed by atoms with Gasteiger partial charge in [-0.1, -0.05) is 298 Å². The van der Waals surface area contributed by atoms with Gasteiger partial charge in [-0.15, -0.1) is 0 Å². The van der Waals surface area contributed by atoms with E-state index >= 15 is 9.13 Å². The maximum absolute atomic E-state index is 17.4. The Kier molecular flexibility index (Phi) is 19.1. The molecule has 0 aromatic heterocycles. The lowest BCUT2D eigenvalue weighted by Gasteiger charge is -2.48. The fraction of sp³-hybridized carbons (Fsp3) is 0.696. The van der Waals surface area contributed by atoms with Gasteiger partial charge < -0.3 is 18.1 Å². The molecule has 6 nitrogen and oxygen atoms in total. The van der Waals surface area contributed by atoms with Gasteiger partial charge in [0.2, 0.25) is 0 Å². The minimum atomic E-state index is -4.22. The highest BCUT2D eigenvalue weighted by Crippen LogP contribution is 2.74. The Morgan fingerprint density at radius 3 is 0.483 bits per heavy atom. The van der Waals surface area contributed by atoms with Crippen molar-refractivity contribution in [3.63, 3.8) is 0 Å². The molecule has 0 unspecified atom stereocenters. The van der Waals surface area contributed by atoms with Crippen LogP contribution in [0.2, 0.25) is 0 Å². The molecule has 0 N–H and O–H groups in total. The second-order valence-electron chi connectivity index (χ2n) is 39.4. The molecule has 0 saturated carbocycles. The lowest BCUT2D eigenvalue weighted by Crippen LogP contribution is -2.46. The predicted molar refractivity (Wildman–Crippen MR) is 375 cm³/mol. The van der Waals surface area contributed by atoms with E-state index in [2.05, 4.69) is 298 Å². The van der Waals surface area contributed by atoms with Crippen molar-refractivity contribution >= 4 is 15.2 Å². The maximum atomic E-state index is 17.4. The van der Waals surface area contributed by atoms with Crippen LogP contribution >= 0.6 is 15.2 Å². The summed E-state index contributed by atoms with van der Waals surface area (Å²) in [5.74, 6) is 0. The van der Waals surface area contributed by atoms with Crippen LogP contribution in [0.15, 0.2) is 48.5 Å². The molecule has 2 heterocycles. The monoisotopic (exact) mass is 1230 g/mol. The lowest BCUT2D eigenvalue weighted by atomic mass is 9.67. The minimum absolute atomic E-state index is 0.0263. The standard InChI is InChI=1S/C79H126O6P2/c1-67(2,3)49-37-53(71(13,14)15)61(54(38-49)72(16,17)18)65(62-55(73(19,20)21)39-50(68(4,5)6)40-56(62)74(22,23)24)86(80)82-45-79(46-83-86)47-84-87(81,85-48-79)66(63-57(75(25,26)27)41-51(69(7,8)9)42-58(63)76(28,29)30)64-59(77(31,32)33)43-52(70(10,11)12)44-60(64)78(34,35)36/h37-44,65-66H,45-48H2,1-36H3. The summed E-state index contributed by atoms with van der Waals surface area (Å²) in [7, 11) is -8.45. The van der Waals surface area contributed by atoms with Crippen LogP contribution in [0.1, 0.15) is 350 Å². The molecule has 2 fully saturated rings. The van der Waals surface area contributed by atoms with E-state index in [4.69, 9.17) is 18.1 Å². The van der Waals surface area contributed by atoms with Crippen LogP contribution in [0.3, 0.4) is 0 Å². The summed E-state index contributed by atoms with van der Waals surface area (Å²) in [6.07, 6.45) is 0. The number of rotatable bonds is 6. The minimum Gasteiger partial charge on any atom is -0.307 e. The molecular weight excluding hydrogens is 1110 g/mol. The Labute approximate surface area is 534 Å². The summed E-state index contributed by atoms with van der Waals surface area (Å²) < 4.78 is 64.1. The van der Waals surface area contributed by atoms with Gasteiger partial charge in [-0.2, -0.15) is 0 Å². The molecule has 4 aromatic carbocycles. The third-order valence-corrected chi connectivity index (χ3v) is 22.8. The van der Waals surface area contributed by atoms with E-state index in [1.54, 1.807) is 0 Å². The van der Waals surface area contributed by atoms with E-state index in [9.17, 15) is 0 Å². The van der Waals surface area contributed by atoms with Gasteiger partial charge in [0.1, 0.15) is 11.3 Å². The van der Waals surface area contributed by atoms with Gasteiger partial charge in [-0.3, -0.25) is 9.13 Å². The van der Waals surface area contributed by atoms with Crippen molar-refractivity contribution in [3.8, 4) is 0 Å². The molecule has 0 radical (unpaired) electrons. The molecule has 87 heavy (non-hydrogen) atoms. The SMILES string of the molecule is CC(C)(C)c1cc(C(C)(C)C)c(C(c2c(C(C)(C)C)cc(C(C)(C)C)cc2C(C)(C)C)P2(=O)OCC3(CO2)COP(=O)(C(c2c(C(C)(C)C)cc(C(C)(C)C)cc2C(C)(C)C)c2c(C(C)(C)C)cc(C(C)(C)C)cc2C(C)(C)C)OC3)c(C(C)(C)C)c1. The van der Waals surface area contributed by atoms with Crippen LogP contribution in [-0.4, -0.2) is 26.4 Å².